The van der Waals surface area contributed by atoms with Gasteiger partial charge in [0.25, 0.3) is 0 Å². The van der Waals surface area contributed by atoms with Gasteiger partial charge in [-0.15, -0.1) is 0 Å². The van der Waals surface area contributed by atoms with Crippen molar-refractivity contribution in [2.75, 3.05) is 0 Å². The molecule has 4 heteroatoms. The maximum atomic E-state index is 15.3. The van der Waals surface area contributed by atoms with Gasteiger partial charge in [-0.3, -0.25) is 19.7 Å². The molecule has 2 bridgehead atoms. The highest BCUT2D eigenvalue weighted by molar-refractivity contribution is 6.35. The largest absolute Gasteiger partial charge is 0.297 e. The number of hydrogen-bond acceptors (Lipinski definition) is 3. The molecule has 4 aromatic carbocycles. The molecule has 1 heterocycles. The number of Topliss-reactive ketones (excluding diaryl/α,β-unsaturated/α-hetero) is 1. The van der Waals surface area contributed by atoms with Crippen molar-refractivity contribution >= 4 is 28.7 Å². The predicted octanol–water partition coefficient (Wildman–Crippen LogP) is 4.96. The van der Waals surface area contributed by atoms with Gasteiger partial charge in [0.05, 0.1) is 22.7 Å². The molecule has 2 amide bonds. The molecule has 1 saturated heterocycles. The Morgan fingerprint density at radius 2 is 0.784 bits per heavy atom. The van der Waals surface area contributed by atoms with E-state index in [0.29, 0.717) is 0 Å². The van der Waals surface area contributed by atoms with Crippen molar-refractivity contribution < 1.29 is 14.4 Å². The Kier molecular flexibility index (Phi) is 4.52. The average Bonchev–Trinajstić information content (AvgIpc) is 3.49. The second kappa shape index (κ2) is 7.71. The number of hydrogen-bond donors (Lipinski definition) is 1. The maximum Gasteiger partial charge on any atom is 0.232 e. The van der Waals surface area contributed by atoms with Crippen LogP contribution < -0.4 is 5.32 Å². The van der Waals surface area contributed by atoms with Gasteiger partial charge < -0.3 is 0 Å². The monoisotopic (exact) mass is 481 g/mol. The van der Waals surface area contributed by atoms with E-state index in [-0.39, 0.29) is 17.6 Å². The number of carbonyl (C=O) groups is 3. The minimum atomic E-state index is -1.31. The van der Waals surface area contributed by atoms with Crippen LogP contribution in [0, 0.1) is 11.8 Å². The Bertz CT molecular complexity index is 1480. The fourth-order valence-corrected chi connectivity index (χ4v) is 7.26. The standard InChI is InChI=1S/C33H23NO3/c35-29-27-28(30(36)34-29)33(24-19-11-4-12-20-24)26(22-15-7-2-8-16-22)25(21-13-5-1-6-14-21)32(27,31(33)37)23-17-9-3-10-18-23/h1-20,27-28H,(H,34,35,36)/t27-,28-,32-,33-/m0/s1. The molecule has 1 N–H and O–H groups in total. The van der Waals surface area contributed by atoms with Crippen LogP contribution in [0.2, 0.25) is 0 Å². The molecule has 4 atom stereocenters. The fourth-order valence-electron chi connectivity index (χ4n) is 7.26. The summed E-state index contributed by atoms with van der Waals surface area (Å²) in [5.41, 5.74) is 2.22. The van der Waals surface area contributed by atoms with Crippen molar-refractivity contribution in [3.8, 4) is 0 Å². The molecule has 2 fully saturated rings. The van der Waals surface area contributed by atoms with Crippen molar-refractivity contribution in [2.24, 2.45) is 11.8 Å². The van der Waals surface area contributed by atoms with E-state index in [9.17, 15) is 9.59 Å². The summed E-state index contributed by atoms with van der Waals surface area (Å²) in [4.78, 5) is 42.6. The van der Waals surface area contributed by atoms with E-state index < -0.39 is 22.7 Å². The zero-order chi connectivity index (χ0) is 25.2. The van der Waals surface area contributed by atoms with Gasteiger partial charge in [-0.05, 0) is 33.4 Å². The molecule has 3 aliphatic rings. The summed E-state index contributed by atoms with van der Waals surface area (Å²) in [5.74, 6) is -2.57. The van der Waals surface area contributed by atoms with Crippen LogP contribution in [0.4, 0.5) is 0 Å². The minimum Gasteiger partial charge on any atom is -0.297 e. The summed E-state index contributed by atoms with van der Waals surface area (Å²) in [6, 6.07) is 38.8. The molecule has 0 aromatic heterocycles. The smallest absolute Gasteiger partial charge is 0.232 e. The van der Waals surface area contributed by atoms with E-state index in [1.54, 1.807) is 0 Å². The summed E-state index contributed by atoms with van der Waals surface area (Å²) in [6.45, 7) is 0. The van der Waals surface area contributed by atoms with E-state index in [4.69, 9.17) is 0 Å². The summed E-state index contributed by atoms with van der Waals surface area (Å²) >= 11 is 0. The van der Waals surface area contributed by atoms with E-state index in [2.05, 4.69) is 5.32 Å². The fraction of sp³-hybridized carbons (Fsp3) is 0.121. The summed E-state index contributed by atoms with van der Waals surface area (Å²) in [6.07, 6.45) is 0. The number of ketones is 1. The minimum absolute atomic E-state index is 0.103. The lowest BCUT2D eigenvalue weighted by molar-refractivity contribution is -0.132. The topological polar surface area (TPSA) is 63.2 Å². The molecular weight excluding hydrogens is 458 g/mol. The Labute approximate surface area is 214 Å². The average molecular weight is 482 g/mol. The number of rotatable bonds is 4. The SMILES string of the molecule is O=C1NC(=O)[C@@H]2[C@@H]1[C@@]1(c3ccccc3)C(=O)[C@@]2(c2ccccc2)C(c2ccccc2)=C1c1ccccc1. The first kappa shape index (κ1) is 21.7. The molecule has 1 saturated carbocycles. The Morgan fingerprint density at radius 1 is 0.459 bits per heavy atom. The maximum absolute atomic E-state index is 15.3. The van der Waals surface area contributed by atoms with Crippen LogP contribution in [-0.4, -0.2) is 17.6 Å². The van der Waals surface area contributed by atoms with Gasteiger partial charge >= 0.3 is 0 Å². The lowest BCUT2D eigenvalue weighted by atomic mass is 9.59. The molecule has 0 spiro atoms. The highest BCUT2D eigenvalue weighted by Crippen LogP contribution is 2.73. The van der Waals surface area contributed by atoms with Crippen LogP contribution in [-0.2, 0) is 25.2 Å². The highest BCUT2D eigenvalue weighted by atomic mass is 16.2. The van der Waals surface area contributed by atoms with Crippen LogP contribution in [0.5, 0.6) is 0 Å². The predicted molar refractivity (Wildman–Crippen MR) is 141 cm³/mol. The molecule has 4 nitrogen and oxygen atoms in total. The molecular formula is C33H23NO3. The number of carbonyl (C=O) groups excluding carboxylic acids is 3. The summed E-state index contributed by atoms with van der Waals surface area (Å²) in [5, 5.41) is 2.62. The van der Waals surface area contributed by atoms with Crippen molar-refractivity contribution in [2.45, 2.75) is 10.8 Å². The van der Waals surface area contributed by atoms with Gasteiger partial charge in [0, 0.05) is 0 Å². The first-order chi connectivity index (χ1) is 18.1. The lowest BCUT2D eigenvalue weighted by Crippen LogP contribution is -2.44. The van der Waals surface area contributed by atoms with Gasteiger partial charge in [-0.2, -0.15) is 0 Å². The number of benzene rings is 4. The first-order valence-electron chi connectivity index (χ1n) is 12.5. The van der Waals surface area contributed by atoms with Gasteiger partial charge in [0.2, 0.25) is 11.8 Å². The normalized spacial score (nSPS) is 27.9. The van der Waals surface area contributed by atoms with Crippen molar-refractivity contribution in [1.82, 2.24) is 5.32 Å². The quantitative estimate of drug-likeness (QED) is 0.419. The zero-order valence-electron chi connectivity index (χ0n) is 19.9. The molecule has 178 valence electrons. The van der Waals surface area contributed by atoms with E-state index in [0.717, 1.165) is 33.4 Å². The van der Waals surface area contributed by atoms with Crippen LogP contribution in [0.15, 0.2) is 121 Å². The van der Waals surface area contributed by atoms with E-state index in [1.165, 1.54) is 0 Å². The highest BCUT2D eigenvalue weighted by Gasteiger charge is 2.81. The van der Waals surface area contributed by atoms with Gasteiger partial charge in [-0.1, -0.05) is 121 Å². The van der Waals surface area contributed by atoms with Crippen molar-refractivity contribution in [3.05, 3.63) is 144 Å². The van der Waals surface area contributed by atoms with Gasteiger partial charge in [-0.25, -0.2) is 0 Å². The van der Waals surface area contributed by atoms with Gasteiger partial charge in [0.15, 0.2) is 5.78 Å². The van der Waals surface area contributed by atoms with Crippen molar-refractivity contribution in [1.29, 1.82) is 0 Å². The number of amides is 2. The molecule has 0 radical (unpaired) electrons. The van der Waals surface area contributed by atoms with E-state index in [1.807, 2.05) is 121 Å². The lowest BCUT2D eigenvalue weighted by Gasteiger charge is -2.39. The third kappa shape index (κ3) is 2.54. The van der Waals surface area contributed by atoms with Crippen LogP contribution in [0.25, 0.3) is 11.1 Å². The molecule has 7 rings (SSSR count). The number of allylic oxidation sites excluding steroid dienone is 2. The van der Waals surface area contributed by atoms with Crippen molar-refractivity contribution in [3.63, 3.8) is 0 Å². The second-order valence-corrected chi connectivity index (χ2v) is 9.97. The third-order valence-corrected chi connectivity index (χ3v) is 8.42. The van der Waals surface area contributed by atoms with Crippen LogP contribution in [0.3, 0.4) is 0 Å². The Balaban J connectivity index is 1.73. The molecule has 0 unspecified atom stereocenters. The Morgan fingerprint density at radius 3 is 1.14 bits per heavy atom. The molecule has 4 aromatic rings. The molecule has 1 aliphatic heterocycles. The zero-order valence-corrected chi connectivity index (χ0v) is 19.9. The van der Waals surface area contributed by atoms with Gasteiger partial charge in [0.1, 0.15) is 0 Å². The molecule has 2 aliphatic carbocycles. The van der Waals surface area contributed by atoms with Crippen LogP contribution >= 0.6 is 0 Å². The third-order valence-electron chi connectivity index (χ3n) is 8.42. The van der Waals surface area contributed by atoms with E-state index >= 15 is 4.79 Å². The number of imide groups is 1. The Hall–Kier alpha value is -4.57. The first-order valence-corrected chi connectivity index (χ1v) is 12.5. The van der Waals surface area contributed by atoms with Crippen LogP contribution in [0.1, 0.15) is 22.3 Å². The summed E-state index contributed by atoms with van der Waals surface area (Å²) in [7, 11) is 0. The number of nitrogens with one attached hydrogen (secondary N) is 1. The molecule has 37 heavy (non-hydrogen) atoms. The summed E-state index contributed by atoms with van der Waals surface area (Å²) < 4.78 is 0. The number of fused-ring (bicyclic) bond motifs is 5. The second-order valence-electron chi connectivity index (χ2n) is 9.97.